The fourth-order valence-corrected chi connectivity index (χ4v) is 3.72. The van der Waals surface area contributed by atoms with Gasteiger partial charge >= 0.3 is 0 Å². The summed E-state index contributed by atoms with van der Waals surface area (Å²) in [6, 6.07) is 0.253. The van der Waals surface area contributed by atoms with Crippen LogP contribution in [0.1, 0.15) is 25.0 Å². The van der Waals surface area contributed by atoms with Crippen LogP contribution in [-0.4, -0.2) is 27.3 Å². The van der Waals surface area contributed by atoms with Gasteiger partial charge in [-0.1, -0.05) is 0 Å². The zero-order valence-corrected chi connectivity index (χ0v) is 11.4. The van der Waals surface area contributed by atoms with Gasteiger partial charge in [-0.15, -0.1) is 0 Å². The van der Waals surface area contributed by atoms with Crippen LogP contribution in [0.3, 0.4) is 0 Å². The van der Waals surface area contributed by atoms with E-state index in [1.807, 2.05) is 6.08 Å². The molecule has 3 atom stereocenters. The molecule has 1 fully saturated rings. The van der Waals surface area contributed by atoms with E-state index >= 15 is 0 Å². The van der Waals surface area contributed by atoms with E-state index in [0.717, 1.165) is 36.1 Å². The van der Waals surface area contributed by atoms with Crippen molar-refractivity contribution in [3.05, 3.63) is 34.0 Å². The number of anilines is 1. The summed E-state index contributed by atoms with van der Waals surface area (Å²) >= 11 is 0. The van der Waals surface area contributed by atoms with Gasteiger partial charge in [0.15, 0.2) is 11.3 Å². The molecular formula is C15H15N5O. The van der Waals surface area contributed by atoms with E-state index in [-0.39, 0.29) is 6.04 Å². The average Bonchev–Trinajstić information content (AvgIpc) is 3.07. The van der Waals surface area contributed by atoms with E-state index in [4.69, 9.17) is 0 Å². The minimum absolute atomic E-state index is 0.253. The lowest BCUT2D eigenvalue weighted by molar-refractivity contribution is 0.157. The van der Waals surface area contributed by atoms with Gasteiger partial charge in [-0.3, -0.25) is 0 Å². The highest BCUT2D eigenvalue weighted by molar-refractivity contribution is 5.64. The van der Waals surface area contributed by atoms with Crippen molar-refractivity contribution in [2.24, 2.45) is 10.9 Å². The lowest BCUT2D eigenvalue weighted by Gasteiger charge is -2.32. The van der Waals surface area contributed by atoms with Crippen LogP contribution < -0.4 is 21.5 Å². The van der Waals surface area contributed by atoms with Crippen LogP contribution >= 0.6 is 0 Å². The molecule has 5 rings (SSSR count). The molecule has 1 saturated heterocycles. The summed E-state index contributed by atoms with van der Waals surface area (Å²) in [5.41, 5.74) is 3.92. The quantitative estimate of drug-likeness (QED) is 0.604. The van der Waals surface area contributed by atoms with Gasteiger partial charge in [0.05, 0.1) is 6.04 Å². The Morgan fingerprint density at radius 2 is 2.14 bits per heavy atom. The first kappa shape index (κ1) is 11.4. The standard InChI is InChI=1S/C15H15N5O/c21-12-5-7-1-2-9-8(13(7)19-12)6-11-15(18-9)20-14-10(17-11)3-4-16-14/h3-4,6-7,9,12,19,21H,1-2,5H2,(H,16,18,20). The molecule has 4 heterocycles. The number of fused-ring (bicyclic) bond motifs is 4. The van der Waals surface area contributed by atoms with E-state index in [2.05, 4.69) is 31.7 Å². The third-order valence-corrected chi connectivity index (χ3v) is 4.69. The normalized spacial score (nSPS) is 31.2. The molecule has 0 amide bonds. The molecule has 6 heteroatoms. The van der Waals surface area contributed by atoms with Crippen molar-refractivity contribution in [2.75, 3.05) is 5.32 Å². The maximum atomic E-state index is 9.84. The van der Waals surface area contributed by atoms with Gasteiger partial charge in [-0.25, -0.2) is 15.0 Å². The highest BCUT2D eigenvalue weighted by Crippen LogP contribution is 2.38. The molecule has 1 aromatic rings. The molecule has 0 radical (unpaired) electrons. The minimum atomic E-state index is -0.418. The molecule has 3 N–H and O–H groups in total. The first-order valence-corrected chi connectivity index (χ1v) is 7.37. The Morgan fingerprint density at radius 3 is 3.10 bits per heavy atom. The topological polar surface area (TPSA) is 82.4 Å². The fourth-order valence-electron chi connectivity index (χ4n) is 3.72. The Hall–Kier alpha value is -2.21. The van der Waals surface area contributed by atoms with Gasteiger partial charge in [0.2, 0.25) is 0 Å². The van der Waals surface area contributed by atoms with Gasteiger partial charge in [-0.2, -0.15) is 0 Å². The van der Waals surface area contributed by atoms with Crippen LogP contribution in [0.25, 0.3) is 12.2 Å². The second-order valence-electron chi connectivity index (χ2n) is 5.99. The van der Waals surface area contributed by atoms with E-state index < -0.39 is 6.23 Å². The lowest BCUT2D eigenvalue weighted by atomic mass is 9.83. The molecule has 0 saturated carbocycles. The second-order valence-corrected chi connectivity index (χ2v) is 5.99. The minimum Gasteiger partial charge on any atom is -0.374 e. The first-order valence-electron chi connectivity index (χ1n) is 7.37. The number of nitrogens with zero attached hydrogens (tertiary/aromatic N) is 3. The van der Waals surface area contributed by atoms with Crippen molar-refractivity contribution in [1.82, 2.24) is 15.3 Å². The van der Waals surface area contributed by atoms with Crippen LogP contribution in [0.5, 0.6) is 0 Å². The van der Waals surface area contributed by atoms with Gasteiger partial charge in [0, 0.05) is 24.2 Å². The molecule has 6 nitrogen and oxygen atoms in total. The maximum Gasteiger partial charge on any atom is 0.180 e. The monoisotopic (exact) mass is 281 g/mol. The zero-order valence-electron chi connectivity index (χ0n) is 11.4. The predicted molar refractivity (Wildman–Crippen MR) is 77.2 cm³/mol. The van der Waals surface area contributed by atoms with Gasteiger partial charge in [-0.05, 0) is 30.6 Å². The van der Waals surface area contributed by atoms with E-state index in [0.29, 0.717) is 11.4 Å². The summed E-state index contributed by atoms with van der Waals surface area (Å²) in [7, 11) is 0. The van der Waals surface area contributed by atoms with E-state index in [1.165, 1.54) is 11.3 Å². The first-order chi connectivity index (χ1) is 10.3. The summed E-state index contributed by atoms with van der Waals surface area (Å²) in [6.07, 6.45) is 8.26. The molecule has 0 bridgehead atoms. The number of aliphatic hydroxyl groups is 1. The number of allylic oxidation sites excluding steroid dienone is 1. The SMILES string of the molecule is OC1CC2CCC3Nc4nc5c(nc4=CC3=C2N1)C=CN=5. The Labute approximate surface area is 121 Å². The Morgan fingerprint density at radius 1 is 1.19 bits per heavy atom. The molecule has 21 heavy (non-hydrogen) atoms. The number of nitrogens with one attached hydrogen (secondary N) is 2. The summed E-state index contributed by atoms with van der Waals surface area (Å²) in [5.74, 6) is 1.26. The van der Waals surface area contributed by atoms with Crippen molar-refractivity contribution in [3.8, 4) is 0 Å². The van der Waals surface area contributed by atoms with Crippen molar-refractivity contribution < 1.29 is 5.11 Å². The highest BCUT2D eigenvalue weighted by Gasteiger charge is 2.37. The summed E-state index contributed by atoms with van der Waals surface area (Å²) in [6.45, 7) is 0. The van der Waals surface area contributed by atoms with Crippen molar-refractivity contribution >= 4 is 18.0 Å². The van der Waals surface area contributed by atoms with Crippen molar-refractivity contribution in [2.45, 2.75) is 31.5 Å². The third kappa shape index (κ3) is 1.59. The summed E-state index contributed by atoms with van der Waals surface area (Å²) in [5, 5.41) is 17.4. The van der Waals surface area contributed by atoms with Crippen LogP contribution in [0.2, 0.25) is 0 Å². The summed E-state index contributed by atoms with van der Waals surface area (Å²) < 4.78 is 0. The molecule has 0 aromatic carbocycles. The molecule has 106 valence electrons. The van der Waals surface area contributed by atoms with Crippen molar-refractivity contribution in [1.29, 1.82) is 0 Å². The van der Waals surface area contributed by atoms with Crippen molar-refractivity contribution in [3.63, 3.8) is 0 Å². The Kier molecular flexibility index (Phi) is 2.13. The number of aromatic nitrogens is 2. The predicted octanol–water partition coefficient (Wildman–Crippen LogP) is -0.369. The third-order valence-electron chi connectivity index (χ3n) is 4.69. The molecule has 0 spiro atoms. The Bertz CT molecular complexity index is 825. The Balaban J connectivity index is 1.72. The smallest absolute Gasteiger partial charge is 0.180 e. The summed E-state index contributed by atoms with van der Waals surface area (Å²) in [4.78, 5) is 13.4. The largest absolute Gasteiger partial charge is 0.374 e. The van der Waals surface area contributed by atoms with Crippen LogP contribution in [0, 0.1) is 5.92 Å². The molecule has 1 aliphatic carbocycles. The van der Waals surface area contributed by atoms with Crippen LogP contribution in [0.15, 0.2) is 22.5 Å². The van der Waals surface area contributed by atoms with E-state index in [1.54, 1.807) is 6.20 Å². The number of hydrogen-bond donors (Lipinski definition) is 3. The van der Waals surface area contributed by atoms with Crippen LogP contribution in [0.4, 0.5) is 5.82 Å². The average molecular weight is 281 g/mol. The maximum absolute atomic E-state index is 9.84. The molecular weight excluding hydrogens is 266 g/mol. The number of rotatable bonds is 0. The van der Waals surface area contributed by atoms with Gasteiger partial charge < -0.3 is 15.7 Å². The molecule has 4 aliphatic rings. The van der Waals surface area contributed by atoms with Gasteiger partial charge in [0.25, 0.3) is 0 Å². The zero-order chi connectivity index (χ0) is 14.0. The van der Waals surface area contributed by atoms with E-state index in [9.17, 15) is 5.11 Å². The number of aliphatic hydroxyl groups excluding tert-OH is 1. The van der Waals surface area contributed by atoms with Gasteiger partial charge in [0.1, 0.15) is 17.3 Å². The highest BCUT2D eigenvalue weighted by atomic mass is 16.3. The van der Waals surface area contributed by atoms with Crippen LogP contribution in [-0.2, 0) is 0 Å². The second kappa shape index (κ2) is 3.92. The molecule has 3 aliphatic heterocycles. The molecule has 3 unspecified atom stereocenters. The number of hydrogen-bond acceptors (Lipinski definition) is 6. The fraction of sp³-hybridized carbons (Fsp3) is 0.400. The molecule has 1 aromatic heterocycles. The lowest BCUT2D eigenvalue weighted by Crippen LogP contribution is -2.39.